The molecule has 0 amide bonds. The number of H-pyrrole nitrogens is 5. The number of anilines is 4. The van der Waals surface area contributed by atoms with Crippen LogP contribution in [0.25, 0.3) is 44.7 Å². The molecule has 9 aromatic heterocycles. The highest BCUT2D eigenvalue weighted by atomic mass is 31.2. The number of aryl methyl sites for hydroxylation is 1. The Morgan fingerprint density at radius 2 is 0.705 bits per heavy atom. The molecule has 19 atom stereocenters. The first-order chi connectivity index (χ1) is 49.7. The lowest BCUT2D eigenvalue weighted by atomic mass is 10.2. The highest BCUT2D eigenvalue weighted by molar-refractivity contribution is 7.48. The Labute approximate surface area is 580 Å². The fourth-order valence-corrected chi connectivity index (χ4v) is 16.3. The molecule has 9 aromatic rings. The number of aliphatic hydroxyl groups excluding tert-OH is 2. The maximum absolute atomic E-state index is 14.4. The van der Waals surface area contributed by atoms with Gasteiger partial charge in [0.2, 0.25) is 23.8 Å². The van der Waals surface area contributed by atoms with E-state index < -0.39 is 209 Å². The number of phosphoric ester groups is 4. The molecular formula is C50H62N22O29P4. The number of aliphatic hydroxyl groups is 2. The lowest BCUT2D eigenvalue weighted by Crippen LogP contribution is -2.33. The van der Waals surface area contributed by atoms with Gasteiger partial charge >= 0.3 is 37.0 Å². The number of phosphoric acid groups is 4. The number of nitrogen functional groups attached to an aromatic ring is 4. The Morgan fingerprint density at radius 3 is 1.02 bits per heavy atom. The summed E-state index contributed by atoms with van der Waals surface area (Å²) in [5, 5.41) is 21.1. The van der Waals surface area contributed by atoms with E-state index in [2.05, 4.69) is 64.8 Å². The summed E-state index contributed by atoms with van der Waals surface area (Å²) < 4.78 is 136. The minimum absolute atomic E-state index is 0.0269. The zero-order chi connectivity index (χ0) is 74.5. The largest absolute Gasteiger partial charge is 0.472 e. The molecule has 55 heteroatoms. The SMILES string of the molecule is Cc1cn([C@H]2C[C@H](O)[C@@H](COP(=O)(O)O[C@H]3C[C@H](n4cnc5c(=O)[nH]c(N)nc54)O[C@@H]3COP(=O)(O)O[C@H]3C[C@H](n4cnc5c(=O)[nH]c(N)nc54)O[C@@H]3COP(=O)(O)O[C@H]3C[C@H](n4cnc5c(=O)[nH]c(N)nc54)O[C@@H]3COP(=O)(O)O[C@H]3C[C@H](n4cnc5c(=O)[nH]c(N)nc54)O[C@@H]3CO)O2)c(=O)[nH]c1=O. The Kier molecular flexibility index (Phi) is 19.8. The standard InChI is InChI=1S/C50H62N22O29P4/c1-17-7-68(50(80)67-41(17)75)28-2-18(74)24(94-28)9-89-102(81,82)99-20-4-30(70-14-56-34-38(70)60-47(52)64-43(34)77)96-26(20)11-91-104(85,86)101-22-6-32(72-16-58-36-40(72)62-49(54)66-45(36)79)97-27(22)12-92-105(87,88)100-21-5-31(71-15-57-35-39(71)61-48(53)65-44(35)78)95-25(21)10-90-103(83,84)98-19-3-29(93-23(19)8-73)69-13-55-33-37(69)59-46(51)63-42(33)76/h7,13-16,18-32,73-74H,2-6,8-12H2,1H3,(H,81,82)(H,83,84)(H,85,86)(H,87,88)(H,67,75,80)(H3,51,59,63,76)(H3,52,60,64,77)(H3,53,61,65,78)(H3,54,62,66,79)/t18-,19-,20-,21-,22-,23+,24+,25+,26+,27+,28+,29+,30+,31+,32+/m0/s1. The van der Waals surface area contributed by atoms with Crippen LogP contribution in [-0.2, 0) is 78.1 Å². The smallest absolute Gasteiger partial charge is 0.394 e. The number of hydrogen-bond donors (Lipinski definition) is 15. The van der Waals surface area contributed by atoms with E-state index in [1.165, 1.54) is 37.7 Å². The van der Waals surface area contributed by atoms with Crippen LogP contribution in [0.15, 0.2) is 60.3 Å². The molecule has 0 aliphatic carbocycles. The molecule has 19 N–H and O–H groups in total. The maximum Gasteiger partial charge on any atom is 0.472 e. The lowest BCUT2D eigenvalue weighted by Gasteiger charge is -2.25. The number of hydrogen-bond acceptors (Lipinski definition) is 37. The van der Waals surface area contributed by atoms with Crippen molar-refractivity contribution in [3.05, 3.63) is 99.3 Å². The molecule has 5 aliphatic rings. The molecule has 5 saturated heterocycles. The van der Waals surface area contributed by atoms with Gasteiger partial charge in [-0.3, -0.25) is 108 Å². The topological polar surface area (TPSA) is 723 Å². The second kappa shape index (κ2) is 28.3. The Morgan fingerprint density at radius 1 is 0.429 bits per heavy atom. The third-order valence-electron chi connectivity index (χ3n) is 17.3. The van der Waals surface area contributed by atoms with Gasteiger partial charge in [0.25, 0.3) is 27.8 Å². The van der Waals surface area contributed by atoms with E-state index in [1.807, 2.05) is 0 Å². The number of nitrogens with two attached hydrogens (primary N) is 4. The number of fused-ring (bicyclic) bond motifs is 4. The third kappa shape index (κ3) is 15.3. The first-order valence-electron chi connectivity index (χ1n) is 31.1. The number of nitrogens with zero attached hydrogens (tertiary/aromatic N) is 13. The summed E-state index contributed by atoms with van der Waals surface area (Å²) in [5.74, 6) is -1.34. The third-order valence-corrected chi connectivity index (χ3v) is 21.3. The second-order valence-corrected chi connectivity index (χ2v) is 29.9. The molecule has 0 radical (unpaired) electrons. The van der Waals surface area contributed by atoms with Crippen LogP contribution >= 0.6 is 31.3 Å². The van der Waals surface area contributed by atoms with Gasteiger partial charge in [0.1, 0.15) is 86.1 Å². The van der Waals surface area contributed by atoms with Crippen LogP contribution in [0.3, 0.4) is 0 Å². The van der Waals surface area contributed by atoms with Gasteiger partial charge < -0.3 is 76.4 Å². The van der Waals surface area contributed by atoms with Crippen molar-refractivity contribution < 1.29 is 108 Å². The molecule has 105 heavy (non-hydrogen) atoms. The van der Waals surface area contributed by atoms with E-state index in [9.17, 15) is 76.8 Å². The molecule has 0 aromatic carbocycles. The van der Waals surface area contributed by atoms with Gasteiger partial charge in [0.15, 0.2) is 44.7 Å². The van der Waals surface area contributed by atoms with Gasteiger partial charge in [-0.05, 0) is 6.92 Å². The van der Waals surface area contributed by atoms with Gasteiger partial charge in [0, 0.05) is 43.9 Å². The quantitative estimate of drug-likeness (QED) is 0.0234. The summed E-state index contributed by atoms with van der Waals surface area (Å²) in [7, 11) is -21.7. The number of rotatable bonds is 26. The van der Waals surface area contributed by atoms with E-state index in [0.29, 0.717) is 0 Å². The van der Waals surface area contributed by atoms with Crippen molar-refractivity contribution in [1.29, 1.82) is 0 Å². The molecule has 0 bridgehead atoms. The molecule has 4 unspecified atom stereocenters. The summed E-state index contributed by atoms with van der Waals surface area (Å²) in [5.41, 5.74) is 17.6. The van der Waals surface area contributed by atoms with E-state index in [-0.39, 0.29) is 86.9 Å². The number of aromatic nitrogens is 18. The van der Waals surface area contributed by atoms with Crippen molar-refractivity contribution in [2.24, 2.45) is 0 Å². The van der Waals surface area contributed by atoms with E-state index in [0.717, 1.165) is 23.5 Å². The van der Waals surface area contributed by atoms with Crippen molar-refractivity contribution in [2.45, 2.75) is 131 Å². The van der Waals surface area contributed by atoms with Gasteiger partial charge in [-0.1, -0.05) is 0 Å². The van der Waals surface area contributed by atoms with E-state index >= 15 is 0 Å². The minimum atomic E-state index is -5.56. The number of nitrogens with one attached hydrogen (secondary N) is 5. The molecule has 14 rings (SSSR count). The van der Waals surface area contributed by atoms with Crippen molar-refractivity contribution in [1.82, 2.24) is 87.6 Å². The summed E-state index contributed by atoms with van der Waals surface area (Å²) >= 11 is 0. The Hall–Kier alpha value is -8.56. The van der Waals surface area contributed by atoms with Gasteiger partial charge in [-0.15, -0.1) is 0 Å². The summed E-state index contributed by atoms with van der Waals surface area (Å²) in [6.45, 7) is -3.29. The van der Waals surface area contributed by atoms with Crippen molar-refractivity contribution in [3.63, 3.8) is 0 Å². The average molecular weight is 1560 g/mol. The molecule has 566 valence electrons. The number of imidazole rings is 4. The predicted octanol–water partition coefficient (Wildman–Crippen LogP) is -3.49. The number of ether oxygens (including phenoxy) is 5. The number of aromatic amines is 5. The summed E-state index contributed by atoms with van der Waals surface area (Å²) in [6, 6.07) is 0. The van der Waals surface area contributed by atoms with Crippen LogP contribution in [0, 0.1) is 6.92 Å². The van der Waals surface area contributed by atoms with Crippen molar-refractivity contribution >= 4 is 99.7 Å². The zero-order valence-corrected chi connectivity index (χ0v) is 57.2. The van der Waals surface area contributed by atoms with Crippen molar-refractivity contribution in [3.8, 4) is 0 Å². The minimum Gasteiger partial charge on any atom is -0.394 e. The highest BCUT2D eigenvalue weighted by Crippen LogP contribution is 2.55. The van der Waals surface area contributed by atoms with Crippen LogP contribution in [0.5, 0.6) is 0 Å². The first kappa shape index (κ1) is 73.3. The molecule has 5 aliphatic heterocycles. The molecule has 14 heterocycles. The monoisotopic (exact) mass is 1560 g/mol. The Bertz CT molecular complexity index is 5430. The molecule has 51 nitrogen and oxygen atoms in total. The summed E-state index contributed by atoms with van der Waals surface area (Å²) in [4.78, 5) is 165. The second-order valence-electron chi connectivity index (χ2n) is 24.3. The fourth-order valence-electron chi connectivity index (χ4n) is 12.5. The van der Waals surface area contributed by atoms with Crippen LogP contribution in [-0.4, -0.2) is 211 Å². The van der Waals surface area contributed by atoms with Gasteiger partial charge in [0.05, 0.1) is 64.4 Å². The lowest BCUT2D eigenvalue weighted by molar-refractivity contribution is -0.0634. The molecule has 0 spiro atoms. The van der Waals surface area contributed by atoms with Crippen LogP contribution < -0.4 is 56.4 Å². The maximum atomic E-state index is 14.4. The first-order valence-corrected chi connectivity index (χ1v) is 37.1. The van der Waals surface area contributed by atoms with Crippen LogP contribution in [0.2, 0.25) is 0 Å². The molecular weight excluding hydrogens is 1500 g/mol. The highest BCUT2D eigenvalue weighted by Gasteiger charge is 2.50. The van der Waals surface area contributed by atoms with Crippen LogP contribution in [0.1, 0.15) is 68.8 Å². The predicted molar refractivity (Wildman–Crippen MR) is 345 cm³/mol. The van der Waals surface area contributed by atoms with E-state index in [4.69, 9.17) is 82.8 Å². The van der Waals surface area contributed by atoms with Gasteiger partial charge in [-0.2, -0.15) is 19.9 Å². The summed E-state index contributed by atoms with van der Waals surface area (Å²) in [6.07, 6.45) is -18.1. The Balaban J connectivity index is 0.683. The molecule has 0 saturated carbocycles. The normalized spacial score (nSPS) is 28.8. The average Bonchev–Trinajstić information content (AvgIpc) is 1.66. The van der Waals surface area contributed by atoms with Crippen molar-refractivity contribution in [2.75, 3.05) is 56.0 Å². The zero-order valence-electron chi connectivity index (χ0n) is 53.6. The van der Waals surface area contributed by atoms with Crippen LogP contribution in [0.4, 0.5) is 23.8 Å². The van der Waals surface area contributed by atoms with E-state index in [1.54, 1.807) is 0 Å². The molecule has 5 fully saturated rings. The van der Waals surface area contributed by atoms with Gasteiger partial charge in [-0.25, -0.2) is 43.0 Å². The fraction of sp³-hybridized carbons (Fsp3) is 0.520.